The van der Waals surface area contributed by atoms with Crippen LogP contribution in [0.5, 0.6) is 0 Å². The van der Waals surface area contributed by atoms with Crippen molar-refractivity contribution in [3.05, 3.63) is 0 Å². The zero-order chi connectivity index (χ0) is 11.3. The lowest BCUT2D eigenvalue weighted by Crippen LogP contribution is -2.48. The minimum absolute atomic E-state index is 0.148. The monoisotopic (exact) mass is 205 g/mol. The third kappa shape index (κ3) is 2.97. The Morgan fingerprint density at radius 3 is 1.50 bits per heavy atom. The Morgan fingerprint density at radius 2 is 1.36 bits per heavy atom. The molecule has 82 valence electrons. The van der Waals surface area contributed by atoms with E-state index in [4.69, 9.17) is 10.2 Å². The molecule has 0 heterocycles. The molecule has 0 fully saturated rings. The summed E-state index contributed by atoms with van der Waals surface area (Å²) in [5.41, 5.74) is 0. The van der Waals surface area contributed by atoms with Crippen molar-refractivity contribution < 1.29 is 25.0 Å². The van der Waals surface area contributed by atoms with Gasteiger partial charge in [0.2, 0.25) is 0 Å². The summed E-state index contributed by atoms with van der Waals surface area (Å²) in [6.07, 6.45) is 0.297. The highest BCUT2D eigenvalue weighted by atomic mass is 16.5. The number of rotatable bonds is 6. The van der Waals surface area contributed by atoms with Crippen LogP contribution in [0.3, 0.4) is 0 Å². The summed E-state index contributed by atoms with van der Waals surface area (Å²) in [5, 5.41) is 27.1. The average Bonchev–Trinajstić information content (AvgIpc) is 2.04. The van der Waals surface area contributed by atoms with Crippen molar-refractivity contribution in [3.8, 4) is 0 Å². The highest BCUT2D eigenvalue weighted by Gasteiger charge is 2.32. The van der Waals surface area contributed by atoms with Gasteiger partial charge in [-0.2, -0.15) is 5.06 Å². The van der Waals surface area contributed by atoms with Crippen molar-refractivity contribution in [1.29, 1.82) is 0 Å². The first-order chi connectivity index (χ1) is 6.45. The third-order valence-corrected chi connectivity index (χ3v) is 1.98. The molecular weight excluding hydrogens is 190 g/mol. The second kappa shape index (κ2) is 5.56. The van der Waals surface area contributed by atoms with E-state index in [1.807, 2.05) is 0 Å². The maximum atomic E-state index is 10.6. The second-order valence-corrected chi connectivity index (χ2v) is 2.90. The van der Waals surface area contributed by atoms with Gasteiger partial charge in [0, 0.05) is 0 Å². The van der Waals surface area contributed by atoms with Crippen molar-refractivity contribution in [2.45, 2.75) is 38.8 Å². The second-order valence-electron chi connectivity index (χ2n) is 2.90. The fourth-order valence-electron chi connectivity index (χ4n) is 1.17. The Morgan fingerprint density at radius 1 is 1.07 bits per heavy atom. The van der Waals surface area contributed by atoms with Crippen molar-refractivity contribution in [2.24, 2.45) is 0 Å². The van der Waals surface area contributed by atoms with Crippen molar-refractivity contribution in [3.63, 3.8) is 0 Å². The smallest absolute Gasteiger partial charge is 0.323 e. The van der Waals surface area contributed by atoms with Crippen molar-refractivity contribution in [2.75, 3.05) is 0 Å². The van der Waals surface area contributed by atoms with Gasteiger partial charge in [-0.3, -0.25) is 9.59 Å². The number of aliphatic carboxylic acids is 2. The molecule has 0 aromatic rings. The maximum absolute atomic E-state index is 10.6. The van der Waals surface area contributed by atoms with E-state index in [1.54, 1.807) is 13.8 Å². The van der Waals surface area contributed by atoms with Crippen LogP contribution in [0.2, 0.25) is 0 Å². The molecule has 6 nitrogen and oxygen atoms in total. The van der Waals surface area contributed by atoms with Crippen molar-refractivity contribution in [1.82, 2.24) is 5.06 Å². The third-order valence-electron chi connectivity index (χ3n) is 1.98. The molecule has 0 aromatic carbocycles. The van der Waals surface area contributed by atoms with E-state index in [9.17, 15) is 14.8 Å². The van der Waals surface area contributed by atoms with E-state index in [0.717, 1.165) is 0 Å². The Labute approximate surface area is 81.7 Å². The Hall–Kier alpha value is -1.14. The Bertz CT molecular complexity index is 196. The lowest BCUT2D eigenvalue weighted by Gasteiger charge is -2.26. The average molecular weight is 205 g/mol. The largest absolute Gasteiger partial charge is 0.480 e. The fraction of sp³-hybridized carbons (Fsp3) is 0.750. The Kier molecular flexibility index (Phi) is 5.11. The molecule has 2 atom stereocenters. The van der Waals surface area contributed by atoms with E-state index in [1.165, 1.54) is 0 Å². The summed E-state index contributed by atoms with van der Waals surface area (Å²) in [6.45, 7) is 3.13. The number of hydrogen-bond donors (Lipinski definition) is 3. The van der Waals surface area contributed by atoms with Crippen LogP contribution < -0.4 is 0 Å². The molecule has 14 heavy (non-hydrogen) atoms. The number of carboxylic acid groups (broad SMARTS) is 2. The zero-order valence-corrected chi connectivity index (χ0v) is 8.17. The highest BCUT2D eigenvalue weighted by molar-refractivity contribution is 5.77. The van der Waals surface area contributed by atoms with Gasteiger partial charge in [0.15, 0.2) is 0 Å². The van der Waals surface area contributed by atoms with E-state index < -0.39 is 24.0 Å². The van der Waals surface area contributed by atoms with Gasteiger partial charge in [0.05, 0.1) is 0 Å². The van der Waals surface area contributed by atoms with Gasteiger partial charge in [-0.15, -0.1) is 0 Å². The van der Waals surface area contributed by atoms with Gasteiger partial charge < -0.3 is 15.4 Å². The molecule has 0 spiro atoms. The standard InChI is InChI=1S/C8H15NO5/c1-3-5(7(10)11)9(14)6(4-2)8(12)13/h5-6,14H,3-4H2,1-2H3,(H,10,11)(H,12,13). The van der Waals surface area contributed by atoms with E-state index in [2.05, 4.69) is 0 Å². The van der Waals surface area contributed by atoms with Gasteiger partial charge in [0.25, 0.3) is 0 Å². The molecule has 0 aliphatic heterocycles. The molecule has 0 saturated carbocycles. The van der Waals surface area contributed by atoms with Crippen LogP contribution in [-0.4, -0.2) is 44.5 Å². The fourth-order valence-corrected chi connectivity index (χ4v) is 1.17. The molecule has 0 saturated heterocycles. The molecule has 0 aromatic heterocycles. The molecule has 0 aliphatic carbocycles. The van der Waals surface area contributed by atoms with Gasteiger partial charge in [-0.1, -0.05) is 13.8 Å². The lowest BCUT2D eigenvalue weighted by atomic mass is 10.1. The SMILES string of the molecule is CCC(C(=O)O)N(O)C(CC)C(=O)O. The first-order valence-corrected chi connectivity index (χ1v) is 4.38. The number of hydroxylamine groups is 2. The minimum atomic E-state index is -1.23. The quantitative estimate of drug-likeness (QED) is 0.543. The molecule has 0 rings (SSSR count). The number of nitrogens with zero attached hydrogens (tertiary/aromatic N) is 1. The van der Waals surface area contributed by atoms with Gasteiger partial charge in [-0.25, -0.2) is 0 Å². The number of carboxylic acids is 2. The zero-order valence-electron chi connectivity index (χ0n) is 8.17. The summed E-state index contributed by atoms with van der Waals surface area (Å²) in [5.74, 6) is -2.45. The molecule has 0 aliphatic rings. The van der Waals surface area contributed by atoms with Crippen LogP contribution in [0, 0.1) is 0 Å². The lowest BCUT2D eigenvalue weighted by molar-refractivity contribution is -0.194. The summed E-state index contributed by atoms with van der Waals surface area (Å²) in [4.78, 5) is 21.2. The van der Waals surface area contributed by atoms with Gasteiger partial charge in [0.1, 0.15) is 12.1 Å². The van der Waals surface area contributed by atoms with E-state index >= 15 is 0 Å². The predicted octanol–water partition coefficient (Wildman–Crippen LogP) is 0.404. The molecule has 6 heteroatoms. The number of carbonyl (C=O) groups is 2. The highest BCUT2D eigenvalue weighted by Crippen LogP contribution is 2.09. The maximum Gasteiger partial charge on any atom is 0.323 e. The van der Waals surface area contributed by atoms with Crippen LogP contribution in [0.4, 0.5) is 0 Å². The van der Waals surface area contributed by atoms with Gasteiger partial charge >= 0.3 is 11.9 Å². The topological polar surface area (TPSA) is 98.1 Å². The van der Waals surface area contributed by atoms with Crippen LogP contribution in [0.15, 0.2) is 0 Å². The summed E-state index contributed by atoms with van der Waals surface area (Å²) >= 11 is 0. The summed E-state index contributed by atoms with van der Waals surface area (Å²) in [6, 6.07) is -2.34. The van der Waals surface area contributed by atoms with E-state index in [-0.39, 0.29) is 12.8 Å². The minimum Gasteiger partial charge on any atom is -0.480 e. The summed E-state index contributed by atoms with van der Waals surface area (Å²) < 4.78 is 0. The van der Waals surface area contributed by atoms with Crippen LogP contribution >= 0.6 is 0 Å². The molecule has 2 unspecified atom stereocenters. The van der Waals surface area contributed by atoms with Crippen molar-refractivity contribution >= 4 is 11.9 Å². The van der Waals surface area contributed by atoms with Crippen LogP contribution in [0.1, 0.15) is 26.7 Å². The molecule has 0 amide bonds. The number of hydrogen-bond acceptors (Lipinski definition) is 4. The Balaban J connectivity index is 4.61. The predicted molar refractivity (Wildman–Crippen MR) is 47.1 cm³/mol. The first kappa shape index (κ1) is 12.9. The molecule has 0 radical (unpaired) electrons. The molecule has 3 N–H and O–H groups in total. The normalized spacial score (nSPS) is 15.1. The van der Waals surface area contributed by atoms with Crippen LogP contribution in [-0.2, 0) is 9.59 Å². The molecular formula is C8H15NO5. The summed E-state index contributed by atoms with van der Waals surface area (Å²) in [7, 11) is 0. The first-order valence-electron chi connectivity index (χ1n) is 4.38. The van der Waals surface area contributed by atoms with E-state index in [0.29, 0.717) is 5.06 Å². The van der Waals surface area contributed by atoms with Crippen LogP contribution in [0.25, 0.3) is 0 Å². The molecule has 0 bridgehead atoms. The van der Waals surface area contributed by atoms with Gasteiger partial charge in [-0.05, 0) is 12.8 Å².